The van der Waals surface area contributed by atoms with Gasteiger partial charge in [-0.15, -0.1) is 24.0 Å². The molecule has 1 fully saturated rings. The molecule has 0 unspecified atom stereocenters. The molecule has 2 aromatic heterocycles. The summed E-state index contributed by atoms with van der Waals surface area (Å²) in [6.07, 6.45) is 8.01. The zero-order chi connectivity index (χ0) is 18.2. The van der Waals surface area contributed by atoms with E-state index >= 15 is 0 Å². The Kier molecular flexibility index (Phi) is 8.83. The van der Waals surface area contributed by atoms with Crippen LogP contribution in [0.4, 0.5) is 5.82 Å². The minimum absolute atomic E-state index is 0. The van der Waals surface area contributed by atoms with E-state index in [2.05, 4.69) is 40.7 Å². The van der Waals surface area contributed by atoms with E-state index in [9.17, 15) is 0 Å². The molecular weight excluding hydrogens is 453 g/mol. The fourth-order valence-corrected chi connectivity index (χ4v) is 3.27. The first-order valence-corrected chi connectivity index (χ1v) is 9.37. The molecule has 148 valence electrons. The van der Waals surface area contributed by atoms with E-state index in [4.69, 9.17) is 0 Å². The Hall–Kier alpha value is -1.84. The highest BCUT2D eigenvalue weighted by molar-refractivity contribution is 14.0. The number of halogens is 1. The number of hydrogen-bond acceptors (Lipinski definition) is 4. The van der Waals surface area contributed by atoms with Gasteiger partial charge in [-0.3, -0.25) is 4.99 Å². The molecule has 3 heterocycles. The van der Waals surface area contributed by atoms with Crippen LogP contribution in [0.5, 0.6) is 0 Å². The van der Waals surface area contributed by atoms with E-state index in [0.29, 0.717) is 0 Å². The summed E-state index contributed by atoms with van der Waals surface area (Å²) in [5.74, 6) is 3.15. The number of pyridine rings is 1. The van der Waals surface area contributed by atoms with Crippen LogP contribution >= 0.6 is 24.0 Å². The van der Waals surface area contributed by atoms with Gasteiger partial charge in [0.25, 0.3) is 0 Å². The number of aromatic nitrogens is 3. The van der Waals surface area contributed by atoms with Crippen LogP contribution in [0.15, 0.2) is 41.8 Å². The third-order valence-corrected chi connectivity index (χ3v) is 4.80. The summed E-state index contributed by atoms with van der Waals surface area (Å²) in [7, 11) is 1.86. The average molecular weight is 483 g/mol. The number of rotatable bonds is 6. The minimum Gasteiger partial charge on any atom is -0.356 e. The average Bonchev–Trinajstić information content (AvgIpc) is 3.10. The first-order chi connectivity index (χ1) is 12.8. The maximum absolute atomic E-state index is 4.45. The Morgan fingerprint density at radius 2 is 1.93 bits per heavy atom. The van der Waals surface area contributed by atoms with Gasteiger partial charge in [-0.25, -0.2) is 9.97 Å². The largest absolute Gasteiger partial charge is 0.356 e. The highest BCUT2D eigenvalue weighted by atomic mass is 127. The van der Waals surface area contributed by atoms with Crippen molar-refractivity contribution in [3.63, 3.8) is 0 Å². The van der Waals surface area contributed by atoms with Crippen LogP contribution in [0.25, 0.3) is 0 Å². The second kappa shape index (κ2) is 11.1. The lowest BCUT2D eigenvalue weighted by atomic mass is 10.3. The highest BCUT2D eigenvalue weighted by Crippen LogP contribution is 2.12. The molecule has 3 rings (SSSR count). The van der Waals surface area contributed by atoms with Gasteiger partial charge < -0.3 is 19.7 Å². The van der Waals surface area contributed by atoms with Crippen molar-refractivity contribution in [2.45, 2.75) is 26.3 Å². The van der Waals surface area contributed by atoms with Crippen LogP contribution in [-0.4, -0.2) is 65.2 Å². The number of nitrogens with one attached hydrogen (secondary N) is 1. The van der Waals surface area contributed by atoms with Crippen molar-refractivity contribution in [2.75, 3.05) is 44.7 Å². The molecule has 0 spiro atoms. The number of nitrogens with zero attached hydrogens (tertiary/aromatic N) is 6. The van der Waals surface area contributed by atoms with Crippen molar-refractivity contribution in [1.82, 2.24) is 24.8 Å². The van der Waals surface area contributed by atoms with Crippen molar-refractivity contribution < 1.29 is 0 Å². The molecule has 1 saturated heterocycles. The van der Waals surface area contributed by atoms with Gasteiger partial charge in [0.1, 0.15) is 11.6 Å². The lowest BCUT2D eigenvalue weighted by Crippen LogP contribution is -2.52. The Labute approximate surface area is 178 Å². The summed E-state index contributed by atoms with van der Waals surface area (Å²) < 4.78 is 2.20. The van der Waals surface area contributed by atoms with Crippen molar-refractivity contribution in [2.24, 2.45) is 4.99 Å². The van der Waals surface area contributed by atoms with Gasteiger partial charge in [0.15, 0.2) is 5.96 Å². The number of anilines is 1. The summed E-state index contributed by atoms with van der Waals surface area (Å²) in [6, 6.07) is 6.07. The van der Waals surface area contributed by atoms with Crippen molar-refractivity contribution >= 4 is 35.8 Å². The molecule has 0 saturated carbocycles. The molecule has 0 bridgehead atoms. The second-order valence-corrected chi connectivity index (χ2v) is 6.51. The number of aryl methyl sites for hydroxylation is 2. The zero-order valence-corrected chi connectivity index (χ0v) is 18.5. The van der Waals surface area contributed by atoms with Crippen LogP contribution in [0.3, 0.4) is 0 Å². The molecule has 1 N–H and O–H groups in total. The molecule has 2 aromatic rings. The van der Waals surface area contributed by atoms with Gasteiger partial charge in [-0.05, 0) is 31.9 Å². The first kappa shape index (κ1) is 21.5. The van der Waals surface area contributed by atoms with Crippen LogP contribution in [-0.2, 0) is 6.54 Å². The van der Waals surface area contributed by atoms with Crippen LogP contribution in [0, 0.1) is 6.92 Å². The number of imidazole rings is 1. The zero-order valence-electron chi connectivity index (χ0n) is 16.2. The standard InChI is InChI=1S/C19H29N7.HI/c1-17-21-10-12-24(17)11-6-5-9-23-19(20-2)26-15-13-25(14-16-26)18-7-3-4-8-22-18;/h3-4,7-8,10,12H,5-6,9,11,13-16H2,1-2H3,(H,20,23);1H. The topological polar surface area (TPSA) is 61.6 Å². The maximum atomic E-state index is 4.45. The Balaban J connectivity index is 0.00000261. The molecule has 0 aliphatic carbocycles. The van der Waals surface area contributed by atoms with Gasteiger partial charge in [0.2, 0.25) is 0 Å². The van der Waals surface area contributed by atoms with Gasteiger partial charge >= 0.3 is 0 Å². The summed E-state index contributed by atoms with van der Waals surface area (Å²) >= 11 is 0. The molecule has 1 aliphatic heterocycles. The van der Waals surface area contributed by atoms with E-state index in [0.717, 1.165) is 69.7 Å². The fourth-order valence-electron chi connectivity index (χ4n) is 3.27. The van der Waals surface area contributed by atoms with Crippen LogP contribution in [0.2, 0.25) is 0 Å². The first-order valence-electron chi connectivity index (χ1n) is 9.37. The van der Waals surface area contributed by atoms with Gasteiger partial charge in [0.05, 0.1) is 0 Å². The number of piperazine rings is 1. The van der Waals surface area contributed by atoms with Gasteiger partial charge in [-0.1, -0.05) is 6.07 Å². The third kappa shape index (κ3) is 6.08. The molecule has 27 heavy (non-hydrogen) atoms. The lowest BCUT2D eigenvalue weighted by molar-refractivity contribution is 0.371. The summed E-state index contributed by atoms with van der Waals surface area (Å²) in [4.78, 5) is 17.8. The lowest BCUT2D eigenvalue weighted by Gasteiger charge is -2.37. The van der Waals surface area contributed by atoms with E-state index < -0.39 is 0 Å². The molecule has 0 radical (unpaired) electrons. The molecular formula is C19H30IN7. The molecule has 0 amide bonds. The van der Waals surface area contributed by atoms with E-state index in [1.54, 1.807) is 0 Å². The van der Waals surface area contributed by atoms with E-state index in [1.807, 2.05) is 44.7 Å². The minimum atomic E-state index is 0. The highest BCUT2D eigenvalue weighted by Gasteiger charge is 2.20. The SMILES string of the molecule is CN=C(NCCCCn1ccnc1C)N1CCN(c2ccccn2)CC1.I. The number of hydrogen-bond donors (Lipinski definition) is 1. The molecule has 8 heteroatoms. The number of aliphatic imine (C=N–C) groups is 1. The predicted octanol–water partition coefficient (Wildman–Crippen LogP) is 2.38. The monoisotopic (exact) mass is 483 g/mol. The van der Waals surface area contributed by atoms with Crippen molar-refractivity contribution in [3.05, 3.63) is 42.6 Å². The van der Waals surface area contributed by atoms with Crippen LogP contribution < -0.4 is 10.2 Å². The normalized spacial score (nSPS) is 14.8. The molecule has 7 nitrogen and oxygen atoms in total. The quantitative estimate of drug-likeness (QED) is 0.296. The maximum Gasteiger partial charge on any atom is 0.193 e. The Bertz CT molecular complexity index is 693. The number of unbranched alkanes of at least 4 members (excludes halogenated alkanes) is 1. The predicted molar refractivity (Wildman–Crippen MR) is 121 cm³/mol. The summed E-state index contributed by atoms with van der Waals surface area (Å²) in [5.41, 5.74) is 0. The van der Waals surface area contributed by atoms with E-state index in [1.165, 1.54) is 0 Å². The van der Waals surface area contributed by atoms with E-state index in [-0.39, 0.29) is 24.0 Å². The van der Waals surface area contributed by atoms with Crippen LogP contribution in [0.1, 0.15) is 18.7 Å². The second-order valence-electron chi connectivity index (χ2n) is 6.51. The molecule has 0 atom stereocenters. The molecule has 1 aliphatic rings. The molecule has 0 aromatic carbocycles. The third-order valence-electron chi connectivity index (χ3n) is 4.80. The Morgan fingerprint density at radius 3 is 2.56 bits per heavy atom. The Morgan fingerprint density at radius 1 is 1.11 bits per heavy atom. The number of guanidine groups is 1. The van der Waals surface area contributed by atoms with Gasteiger partial charge in [0, 0.05) is 64.9 Å². The van der Waals surface area contributed by atoms with Crippen molar-refractivity contribution in [1.29, 1.82) is 0 Å². The summed E-state index contributed by atoms with van der Waals surface area (Å²) in [6.45, 7) is 7.88. The fraction of sp³-hybridized carbons (Fsp3) is 0.526. The van der Waals surface area contributed by atoms with Gasteiger partial charge in [-0.2, -0.15) is 0 Å². The smallest absolute Gasteiger partial charge is 0.193 e. The summed E-state index contributed by atoms with van der Waals surface area (Å²) in [5, 5.41) is 3.51. The van der Waals surface area contributed by atoms with Crippen molar-refractivity contribution in [3.8, 4) is 0 Å².